The van der Waals surface area contributed by atoms with Crippen molar-refractivity contribution < 1.29 is 17.6 Å². The summed E-state index contributed by atoms with van der Waals surface area (Å²) in [5, 5.41) is 0. The van der Waals surface area contributed by atoms with Crippen molar-refractivity contribution in [1.82, 2.24) is 0 Å². The Labute approximate surface area is 120 Å². The molecule has 0 heterocycles. The Bertz CT molecular complexity index is 637. The first-order chi connectivity index (χ1) is 9.89. The molecular formula is C17H14F4. The molecule has 0 radical (unpaired) electrons. The van der Waals surface area contributed by atoms with Crippen molar-refractivity contribution in [2.24, 2.45) is 0 Å². The molecule has 0 spiro atoms. The van der Waals surface area contributed by atoms with Gasteiger partial charge in [-0.15, -0.1) is 0 Å². The van der Waals surface area contributed by atoms with Crippen LogP contribution < -0.4 is 0 Å². The number of benzene rings is 2. The van der Waals surface area contributed by atoms with E-state index in [9.17, 15) is 17.6 Å². The van der Waals surface area contributed by atoms with Crippen molar-refractivity contribution in [3.8, 4) is 11.1 Å². The van der Waals surface area contributed by atoms with Crippen molar-refractivity contribution in [2.45, 2.75) is 19.5 Å². The Kier molecular flexibility index (Phi) is 4.46. The normalized spacial score (nSPS) is 12.0. The van der Waals surface area contributed by atoms with Crippen LogP contribution in [0.15, 0.2) is 48.5 Å². The Hall–Kier alpha value is -2.10. The summed E-state index contributed by atoms with van der Waals surface area (Å²) >= 11 is 0. The maximum absolute atomic E-state index is 13.8. The number of rotatable bonds is 3. The van der Waals surface area contributed by atoms with Crippen LogP contribution in [-0.4, -0.2) is 6.18 Å². The monoisotopic (exact) mass is 294 g/mol. The lowest BCUT2D eigenvalue weighted by atomic mass is 10.0. The van der Waals surface area contributed by atoms with Gasteiger partial charge in [-0.3, -0.25) is 0 Å². The van der Waals surface area contributed by atoms with E-state index in [1.54, 1.807) is 6.07 Å². The van der Waals surface area contributed by atoms with Gasteiger partial charge in [-0.25, -0.2) is 4.39 Å². The molecule has 0 amide bonds. The Morgan fingerprint density at radius 2 is 1.57 bits per heavy atom. The molecule has 21 heavy (non-hydrogen) atoms. The summed E-state index contributed by atoms with van der Waals surface area (Å²) in [4.78, 5) is 0. The number of halogens is 4. The minimum atomic E-state index is -4.44. The van der Waals surface area contributed by atoms with E-state index in [0.717, 1.165) is 18.1 Å². The molecule has 0 nitrogen and oxygen atoms in total. The van der Waals surface area contributed by atoms with E-state index in [1.807, 2.05) is 31.2 Å². The molecule has 2 rings (SSSR count). The van der Waals surface area contributed by atoms with Crippen molar-refractivity contribution in [1.29, 1.82) is 0 Å². The lowest BCUT2D eigenvalue weighted by molar-refractivity contribution is -0.0790. The SMILES string of the molecule is CCc1ccc(-c2ccc(C=CC(F)(F)F)c(F)c2)cc1. The van der Waals surface area contributed by atoms with E-state index >= 15 is 0 Å². The van der Waals surface area contributed by atoms with E-state index in [0.29, 0.717) is 5.56 Å². The highest BCUT2D eigenvalue weighted by Crippen LogP contribution is 2.24. The summed E-state index contributed by atoms with van der Waals surface area (Å²) in [5.41, 5.74) is 2.56. The third-order valence-electron chi connectivity index (χ3n) is 3.15. The van der Waals surface area contributed by atoms with Crippen molar-refractivity contribution >= 4 is 6.08 Å². The van der Waals surface area contributed by atoms with Crippen LogP contribution >= 0.6 is 0 Å². The molecule has 0 saturated carbocycles. The van der Waals surface area contributed by atoms with Gasteiger partial charge in [0.1, 0.15) is 5.82 Å². The van der Waals surface area contributed by atoms with Gasteiger partial charge in [0, 0.05) is 11.6 Å². The first-order valence-corrected chi connectivity index (χ1v) is 6.54. The minimum Gasteiger partial charge on any atom is -0.206 e. The fourth-order valence-electron chi connectivity index (χ4n) is 1.96. The molecule has 0 N–H and O–H groups in total. The summed E-state index contributed by atoms with van der Waals surface area (Å²) in [5.74, 6) is -0.674. The fourth-order valence-corrected chi connectivity index (χ4v) is 1.96. The second-order valence-electron chi connectivity index (χ2n) is 4.66. The molecule has 0 atom stereocenters. The third kappa shape index (κ3) is 4.18. The third-order valence-corrected chi connectivity index (χ3v) is 3.15. The molecule has 0 aromatic heterocycles. The van der Waals surface area contributed by atoms with E-state index in [1.165, 1.54) is 17.7 Å². The molecule has 0 bridgehead atoms. The largest absolute Gasteiger partial charge is 0.409 e. The first-order valence-electron chi connectivity index (χ1n) is 6.54. The summed E-state index contributed by atoms with van der Waals surface area (Å²) in [7, 11) is 0. The molecule has 0 fully saturated rings. The lowest BCUT2D eigenvalue weighted by Gasteiger charge is -2.05. The highest BCUT2D eigenvalue weighted by Gasteiger charge is 2.22. The molecule has 0 saturated heterocycles. The van der Waals surface area contributed by atoms with Gasteiger partial charge in [0.2, 0.25) is 0 Å². The van der Waals surface area contributed by atoms with E-state index in [2.05, 4.69) is 0 Å². The second-order valence-corrected chi connectivity index (χ2v) is 4.66. The Morgan fingerprint density at radius 1 is 0.952 bits per heavy atom. The van der Waals surface area contributed by atoms with E-state index in [4.69, 9.17) is 0 Å². The maximum Gasteiger partial charge on any atom is 0.409 e. The first kappa shape index (κ1) is 15.3. The van der Waals surface area contributed by atoms with Gasteiger partial charge in [-0.1, -0.05) is 43.3 Å². The standard InChI is InChI=1S/C17H14F4/c1-2-12-3-5-13(6-4-12)15-8-7-14(16(18)11-15)9-10-17(19,20)21/h3-11H,2H2,1H3. The minimum absolute atomic E-state index is 0.0289. The second kappa shape index (κ2) is 6.12. The van der Waals surface area contributed by atoms with Gasteiger partial charge in [0.25, 0.3) is 0 Å². The predicted octanol–water partition coefficient (Wildman–Crippen LogP) is 5.63. The Balaban J connectivity index is 2.27. The number of alkyl halides is 3. The van der Waals surface area contributed by atoms with Crippen LogP contribution in [0.25, 0.3) is 17.2 Å². The molecular weight excluding hydrogens is 280 g/mol. The zero-order chi connectivity index (χ0) is 15.5. The van der Waals surface area contributed by atoms with Crippen molar-refractivity contribution in [3.05, 3.63) is 65.5 Å². The van der Waals surface area contributed by atoms with Crippen molar-refractivity contribution in [2.75, 3.05) is 0 Å². The highest BCUT2D eigenvalue weighted by molar-refractivity contribution is 5.66. The maximum atomic E-state index is 13.8. The number of hydrogen-bond donors (Lipinski definition) is 0. The van der Waals surface area contributed by atoms with Crippen LogP contribution in [0.3, 0.4) is 0 Å². The topological polar surface area (TPSA) is 0 Å². The lowest BCUT2D eigenvalue weighted by Crippen LogP contribution is -2.00. The van der Waals surface area contributed by atoms with Gasteiger partial charge in [0.15, 0.2) is 0 Å². The van der Waals surface area contributed by atoms with Gasteiger partial charge in [-0.2, -0.15) is 13.2 Å². The van der Waals surface area contributed by atoms with Crippen LogP contribution in [0.4, 0.5) is 17.6 Å². The van der Waals surface area contributed by atoms with Gasteiger partial charge < -0.3 is 0 Å². The summed E-state index contributed by atoms with van der Waals surface area (Å²) in [6, 6.07) is 11.9. The fraction of sp³-hybridized carbons (Fsp3) is 0.176. The van der Waals surface area contributed by atoms with Crippen LogP contribution in [0, 0.1) is 5.82 Å². The molecule has 110 valence electrons. The number of hydrogen-bond acceptors (Lipinski definition) is 0. The zero-order valence-corrected chi connectivity index (χ0v) is 11.4. The van der Waals surface area contributed by atoms with Crippen LogP contribution in [-0.2, 0) is 6.42 Å². The average Bonchev–Trinajstić information content (AvgIpc) is 2.45. The summed E-state index contributed by atoms with van der Waals surface area (Å²) in [6.07, 6.45) is -2.77. The Morgan fingerprint density at radius 3 is 2.10 bits per heavy atom. The van der Waals surface area contributed by atoms with E-state index in [-0.39, 0.29) is 11.6 Å². The number of allylic oxidation sites excluding steroid dienone is 1. The average molecular weight is 294 g/mol. The van der Waals surface area contributed by atoms with Crippen LogP contribution in [0.5, 0.6) is 0 Å². The van der Waals surface area contributed by atoms with Crippen LogP contribution in [0.2, 0.25) is 0 Å². The van der Waals surface area contributed by atoms with Gasteiger partial charge >= 0.3 is 6.18 Å². The van der Waals surface area contributed by atoms with Crippen LogP contribution in [0.1, 0.15) is 18.1 Å². The molecule has 0 aliphatic rings. The highest BCUT2D eigenvalue weighted by atomic mass is 19.4. The quantitative estimate of drug-likeness (QED) is 0.643. The predicted molar refractivity (Wildman–Crippen MR) is 76.3 cm³/mol. The molecule has 0 unspecified atom stereocenters. The molecule has 0 aliphatic heterocycles. The smallest absolute Gasteiger partial charge is 0.206 e. The van der Waals surface area contributed by atoms with Gasteiger partial charge in [-0.05, 0) is 35.3 Å². The molecule has 4 heteroatoms. The van der Waals surface area contributed by atoms with Gasteiger partial charge in [0.05, 0.1) is 0 Å². The molecule has 2 aromatic carbocycles. The van der Waals surface area contributed by atoms with E-state index < -0.39 is 12.0 Å². The summed E-state index contributed by atoms with van der Waals surface area (Å²) in [6.45, 7) is 2.04. The molecule has 2 aromatic rings. The number of aryl methyl sites for hydroxylation is 1. The zero-order valence-electron chi connectivity index (χ0n) is 11.4. The molecule has 0 aliphatic carbocycles. The summed E-state index contributed by atoms with van der Waals surface area (Å²) < 4.78 is 50.1. The van der Waals surface area contributed by atoms with Crippen molar-refractivity contribution in [3.63, 3.8) is 0 Å².